The largest absolute Gasteiger partial charge is 0.435 e. The van der Waals surface area contributed by atoms with Gasteiger partial charge in [0.05, 0.1) is 6.61 Å². The van der Waals surface area contributed by atoms with Crippen LogP contribution in [-0.2, 0) is 14.3 Å². The van der Waals surface area contributed by atoms with E-state index in [9.17, 15) is 4.79 Å². The molecular weight excluding hydrogens is 168 g/mol. The van der Waals surface area contributed by atoms with Gasteiger partial charge in [0.2, 0.25) is 0 Å². The van der Waals surface area contributed by atoms with Gasteiger partial charge in [0.15, 0.2) is 6.79 Å². The average molecular weight is 184 g/mol. The predicted octanol–water partition coefficient (Wildman–Crippen LogP) is 1.90. The van der Waals surface area contributed by atoms with Crippen LogP contribution in [0.3, 0.4) is 0 Å². The van der Waals surface area contributed by atoms with Crippen LogP contribution >= 0.6 is 0 Å². The molecule has 0 aliphatic heterocycles. The summed E-state index contributed by atoms with van der Waals surface area (Å²) in [6, 6.07) is 0. The zero-order valence-electron chi connectivity index (χ0n) is 8.21. The molecule has 0 unspecified atom stereocenters. The summed E-state index contributed by atoms with van der Waals surface area (Å²) < 4.78 is 9.64. The van der Waals surface area contributed by atoms with Crippen LogP contribution in [0, 0.1) is 5.92 Å². The van der Waals surface area contributed by atoms with Crippen LogP contribution < -0.4 is 0 Å². The van der Waals surface area contributed by atoms with Gasteiger partial charge in [-0.15, -0.1) is 6.58 Å². The van der Waals surface area contributed by atoms with Gasteiger partial charge in [-0.2, -0.15) is 0 Å². The third-order valence-electron chi connectivity index (χ3n) is 1.47. The highest BCUT2D eigenvalue weighted by Gasteiger charge is 2.11. The Kier molecular flexibility index (Phi) is 5.89. The van der Waals surface area contributed by atoms with Gasteiger partial charge in [-0.25, -0.2) is 4.79 Å². The van der Waals surface area contributed by atoms with Crippen LogP contribution in [0.1, 0.15) is 13.8 Å². The molecule has 3 heteroatoms. The summed E-state index contributed by atoms with van der Waals surface area (Å²) in [4.78, 5) is 11.1. The minimum atomic E-state index is -0.404. The first kappa shape index (κ1) is 11.9. The lowest BCUT2D eigenvalue weighted by molar-refractivity contribution is -0.151. The zero-order valence-corrected chi connectivity index (χ0v) is 8.21. The Balaban J connectivity index is 3.62. The molecule has 0 spiro atoms. The topological polar surface area (TPSA) is 35.5 Å². The maximum absolute atomic E-state index is 11.1. The number of carbonyl (C=O) groups is 1. The van der Waals surface area contributed by atoms with E-state index in [-0.39, 0.29) is 12.7 Å². The molecule has 74 valence electrons. The minimum absolute atomic E-state index is 0.0450. The Bertz CT molecular complexity index is 194. The highest BCUT2D eigenvalue weighted by atomic mass is 16.7. The van der Waals surface area contributed by atoms with Gasteiger partial charge in [-0.05, 0) is 5.92 Å². The monoisotopic (exact) mass is 184 g/mol. The molecule has 0 saturated carbocycles. The third kappa shape index (κ3) is 5.20. The van der Waals surface area contributed by atoms with E-state index in [2.05, 4.69) is 13.2 Å². The molecule has 0 aromatic heterocycles. The Labute approximate surface area is 79.0 Å². The number of carbonyl (C=O) groups excluding carboxylic acids is 1. The lowest BCUT2D eigenvalue weighted by Gasteiger charge is -2.08. The van der Waals surface area contributed by atoms with Gasteiger partial charge in [0.1, 0.15) is 0 Å². The van der Waals surface area contributed by atoms with Gasteiger partial charge in [0, 0.05) is 5.57 Å². The fourth-order valence-corrected chi connectivity index (χ4v) is 0.555. The van der Waals surface area contributed by atoms with E-state index in [4.69, 9.17) is 9.47 Å². The summed E-state index contributed by atoms with van der Waals surface area (Å²) in [6.07, 6.45) is 1.59. The van der Waals surface area contributed by atoms with Crippen molar-refractivity contribution in [2.24, 2.45) is 5.92 Å². The van der Waals surface area contributed by atoms with Crippen LogP contribution in [-0.4, -0.2) is 19.4 Å². The normalized spacial score (nSPS) is 9.77. The maximum Gasteiger partial charge on any atom is 0.335 e. The van der Waals surface area contributed by atoms with Crippen molar-refractivity contribution >= 4 is 5.97 Å². The number of esters is 1. The van der Waals surface area contributed by atoms with Gasteiger partial charge in [-0.1, -0.05) is 26.5 Å². The van der Waals surface area contributed by atoms with Crippen LogP contribution in [0.2, 0.25) is 0 Å². The summed E-state index contributed by atoms with van der Waals surface area (Å²) in [5.41, 5.74) is 0.460. The van der Waals surface area contributed by atoms with Crippen molar-refractivity contribution in [1.82, 2.24) is 0 Å². The molecule has 0 saturated heterocycles. The van der Waals surface area contributed by atoms with Gasteiger partial charge >= 0.3 is 5.97 Å². The smallest absolute Gasteiger partial charge is 0.335 e. The van der Waals surface area contributed by atoms with E-state index in [1.165, 1.54) is 0 Å². The van der Waals surface area contributed by atoms with Gasteiger partial charge < -0.3 is 9.47 Å². The fraction of sp³-hybridized carbons (Fsp3) is 0.500. The first-order valence-electron chi connectivity index (χ1n) is 4.14. The van der Waals surface area contributed by atoms with E-state index in [1.54, 1.807) is 6.08 Å². The standard InChI is InChI=1S/C10H16O3/c1-5-6-12-7-13-10(11)9(4)8(2)3/h5,8H,1,4,6-7H2,2-3H3. The van der Waals surface area contributed by atoms with E-state index >= 15 is 0 Å². The minimum Gasteiger partial charge on any atom is -0.435 e. The summed E-state index contributed by atoms with van der Waals surface area (Å²) in [5, 5.41) is 0. The molecule has 0 aliphatic carbocycles. The maximum atomic E-state index is 11.1. The van der Waals surface area contributed by atoms with Crippen molar-refractivity contribution in [3.63, 3.8) is 0 Å². The first-order valence-corrected chi connectivity index (χ1v) is 4.14. The molecule has 13 heavy (non-hydrogen) atoms. The molecular formula is C10H16O3. The molecule has 0 N–H and O–H groups in total. The quantitative estimate of drug-likeness (QED) is 0.208. The second-order valence-electron chi connectivity index (χ2n) is 2.89. The van der Waals surface area contributed by atoms with Crippen LogP contribution in [0.4, 0.5) is 0 Å². The van der Waals surface area contributed by atoms with Crippen LogP contribution in [0.15, 0.2) is 24.8 Å². The Morgan fingerprint density at radius 2 is 2.15 bits per heavy atom. The zero-order chi connectivity index (χ0) is 10.3. The average Bonchev–Trinajstić information content (AvgIpc) is 2.10. The van der Waals surface area contributed by atoms with E-state index in [1.807, 2.05) is 13.8 Å². The second kappa shape index (κ2) is 6.43. The van der Waals surface area contributed by atoms with Crippen molar-refractivity contribution in [1.29, 1.82) is 0 Å². The first-order chi connectivity index (χ1) is 6.09. The van der Waals surface area contributed by atoms with E-state index < -0.39 is 5.97 Å². The van der Waals surface area contributed by atoms with Crippen molar-refractivity contribution in [2.75, 3.05) is 13.4 Å². The van der Waals surface area contributed by atoms with Crippen molar-refractivity contribution < 1.29 is 14.3 Å². The SMILES string of the molecule is C=CCOCOC(=O)C(=C)C(C)C. The van der Waals surface area contributed by atoms with Crippen molar-refractivity contribution in [2.45, 2.75) is 13.8 Å². The Morgan fingerprint density at radius 3 is 2.62 bits per heavy atom. The summed E-state index contributed by atoms with van der Waals surface area (Å²) in [6.45, 7) is 11.2. The summed E-state index contributed by atoms with van der Waals surface area (Å²) >= 11 is 0. The highest BCUT2D eigenvalue weighted by molar-refractivity contribution is 5.88. The van der Waals surface area contributed by atoms with Crippen LogP contribution in [0.25, 0.3) is 0 Å². The molecule has 0 aromatic carbocycles. The summed E-state index contributed by atoms with van der Waals surface area (Å²) in [5.74, 6) is -0.300. The van der Waals surface area contributed by atoms with Gasteiger partial charge in [0.25, 0.3) is 0 Å². The second-order valence-corrected chi connectivity index (χ2v) is 2.89. The lowest BCUT2D eigenvalue weighted by Crippen LogP contribution is -2.13. The molecule has 0 aromatic rings. The molecule has 0 heterocycles. The molecule has 0 rings (SSSR count). The Morgan fingerprint density at radius 1 is 1.54 bits per heavy atom. The molecule has 0 bridgehead atoms. The number of rotatable bonds is 6. The van der Waals surface area contributed by atoms with Gasteiger partial charge in [-0.3, -0.25) is 0 Å². The molecule has 0 atom stereocenters. The predicted molar refractivity (Wildman–Crippen MR) is 51.1 cm³/mol. The molecule has 0 aliphatic rings. The molecule has 0 amide bonds. The highest BCUT2D eigenvalue weighted by Crippen LogP contribution is 2.07. The Hall–Kier alpha value is -1.09. The number of ether oxygens (including phenoxy) is 2. The fourth-order valence-electron chi connectivity index (χ4n) is 0.555. The van der Waals surface area contributed by atoms with E-state index in [0.29, 0.717) is 12.2 Å². The number of hydrogen-bond donors (Lipinski definition) is 0. The summed E-state index contributed by atoms with van der Waals surface area (Å²) in [7, 11) is 0. The van der Waals surface area contributed by atoms with Crippen molar-refractivity contribution in [3.8, 4) is 0 Å². The molecule has 3 nitrogen and oxygen atoms in total. The van der Waals surface area contributed by atoms with Crippen molar-refractivity contribution in [3.05, 3.63) is 24.8 Å². The molecule has 0 fully saturated rings. The van der Waals surface area contributed by atoms with E-state index in [0.717, 1.165) is 0 Å². The number of hydrogen-bond acceptors (Lipinski definition) is 3. The third-order valence-corrected chi connectivity index (χ3v) is 1.47. The van der Waals surface area contributed by atoms with Crippen LogP contribution in [0.5, 0.6) is 0 Å². The lowest BCUT2D eigenvalue weighted by atomic mass is 10.1. The molecule has 0 radical (unpaired) electrons.